The summed E-state index contributed by atoms with van der Waals surface area (Å²) >= 11 is 0. The van der Waals surface area contributed by atoms with Gasteiger partial charge >= 0.3 is 0 Å². The zero-order valence-electron chi connectivity index (χ0n) is 15.1. The number of nitrogens with one attached hydrogen (secondary N) is 2. The number of benzene rings is 3. The Morgan fingerprint density at radius 2 is 1.86 bits per heavy atom. The van der Waals surface area contributed by atoms with Crippen LogP contribution in [0.1, 0.15) is 16.1 Å². The van der Waals surface area contributed by atoms with Crippen LogP contribution < -0.4 is 5.43 Å². The molecule has 0 unspecified atom stereocenters. The summed E-state index contributed by atoms with van der Waals surface area (Å²) in [6, 6.07) is 21.5. The normalized spacial score (nSPS) is 11.0. The number of hydrogen-bond acceptors (Lipinski definition) is 5. The second-order valence-corrected chi connectivity index (χ2v) is 6.28. The average Bonchev–Trinajstić information content (AvgIpc) is 3.24. The first kappa shape index (κ1) is 18.1. The first-order chi connectivity index (χ1) is 14.1. The van der Waals surface area contributed by atoms with E-state index in [1.807, 2.05) is 42.5 Å². The van der Waals surface area contributed by atoms with E-state index in [4.69, 9.17) is 0 Å². The molecule has 4 aromatic rings. The molecule has 3 aromatic carbocycles. The molecule has 0 aliphatic carbocycles. The fraction of sp³-hybridized carbons (Fsp3) is 0. The number of aromatic nitrogens is 2. The molecule has 142 valence electrons. The van der Waals surface area contributed by atoms with Crippen molar-refractivity contribution in [3.8, 4) is 11.3 Å². The van der Waals surface area contributed by atoms with Crippen LogP contribution in [-0.4, -0.2) is 27.2 Å². The number of nitro benzene ring substituents is 1. The second kappa shape index (κ2) is 7.73. The number of non-ortho nitro benzene ring substituents is 1. The fourth-order valence-electron chi connectivity index (χ4n) is 2.88. The van der Waals surface area contributed by atoms with Gasteiger partial charge in [0.25, 0.3) is 11.6 Å². The lowest BCUT2D eigenvalue weighted by Gasteiger charge is -2.00. The van der Waals surface area contributed by atoms with Crippen molar-refractivity contribution in [2.45, 2.75) is 0 Å². The summed E-state index contributed by atoms with van der Waals surface area (Å²) in [5.74, 6) is -0.466. The molecule has 0 radical (unpaired) electrons. The van der Waals surface area contributed by atoms with Gasteiger partial charge in [-0.1, -0.05) is 48.5 Å². The van der Waals surface area contributed by atoms with Gasteiger partial charge in [-0.25, -0.2) is 5.43 Å². The topological polar surface area (TPSA) is 113 Å². The van der Waals surface area contributed by atoms with E-state index in [0.29, 0.717) is 11.3 Å². The molecule has 2 N–H and O–H groups in total. The van der Waals surface area contributed by atoms with Gasteiger partial charge in [-0.15, -0.1) is 0 Å². The molecule has 0 aliphatic heterocycles. The van der Waals surface area contributed by atoms with Crippen molar-refractivity contribution in [3.05, 3.63) is 94.2 Å². The number of fused-ring (bicyclic) bond motifs is 1. The zero-order chi connectivity index (χ0) is 20.2. The highest BCUT2D eigenvalue weighted by Gasteiger charge is 2.11. The number of carbonyl (C=O) groups is 1. The predicted octanol–water partition coefficient (Wildman–Crippen LogP) is 3.90. The SMILES string of the molecule is O=C(NN=Cc1cccc([N+](=O)[O-])c1)c1cc(-c2ccc3ccccc3c2)n[nH]1. The summed E-state index contributed by atoms with van der Waals surface area (Å²) in [5, 5.41) is 23.7. The Kier molecular flexibility index (Phi) is 4.81. The van der Waals surface area contributed by atoms with E-state index in [1.165, 1.54) is 18.3 Å². The summed E-state index contributed by atoms with van der Waals surface area (Å²) in [6.07, 6.45) is 1.34. The minimum Gasteiger partial charge on any atom is -0.272 e. The minimum atomic E-state index is -0.491. The average molecular weight is 385 g/mol. The smallest absolute Gasteiger partial charge is 0.272 e. The van der Waals surface area contributed by atoms with Crippen LogP contribution in [0.3, 0.4) is 0 Å². The lowest BCUT2D eigenvalue weighted by atomic mass is 10.1. The van der Waals surface area contributed by atoms with Crippen molar-refractivity contribution in [2.24, 2.45) is 5.10 Å². The van der Waals surface area contributed by atoms with Gasteiger partial charge in [0.15, 0.2) is 0 Å². The van der Waals surface area contributed by atoms with E-state index in [1.54, 1.807) is 18.2 Å². The third kappa shape index (κ3) is 4.01. The Labute approximate surface area is 165 Å². The molecular weight excluding hydrogens is 370 g/mol. The zero-order valence-corrected chi connectivity index (χ0v) is 15.1. The summed E-state index contributed by atoms with van der Waals surface area (Å²) in [4.78, 5) is 22.6. The molecule has 0 bridgehead atoms. The third-order valence-corrected chi connectivity index (χ3v) is 4.33. The van der Waals surface area contributed by atoms with Crippen molar-refractivity contribution < 1.29 is 9.72 Å². The van der Waals surface area contributed by atoms with Crippen LogP contribution in [0, 0.1) is 10.1 Å². The fourth-order valence-corrected chi connectivity index (χ4v) is 2.88. The maximum absolute atomic E-state index is 12.3. The Morgan fingerprint density at radius 1 is 1.03 bits per heavy atom. The van der Waals surface area contributed by atoms with E-state index in [-0.39, 0.29) is 11.4 Å². The van der Waals surface area contributed by atoms with Crippen LogP contribution in [0.15, 0.2) is 77.9 Å². The number of amides is 1. The minimum absolute atomic E-state index is 0.0473. The third-order valence-electron chi connectivity index (χ3n) is 4.33. The van der Waals surface area contributed by atoms with Crippen LogP contribution in [0.25, 0.3) is 22.0 Å². The van der Waals surface area contributed by atoms with Crippen molar-refractivity contribution >= 4 is 28.6 Å². The summed E-state index contributed by atoms with van der Waals surface area (Å²) in [5.41, 5.74) is 4.62. The Hall–Kier alpha value is -4.33. The van der Waals surface area contributed by atoms with Gasteiger partial charge in [0, 0.05) is 23.3 Å². The van der Waals surface area contributed by atoms with Crippen LogP contribution in [0.5, 0.6) is 0 Å². The van der Waals surface area contributed by atoms with Crippen molar-refractivity contribution in [2.75, 3.05) is 0 Å². The number of hydrogen-bond donors (Lipinski definition) is 2. The van der Waals surface area contributed by atoms with Crippen molar-refractivity contribution in [1.29, 1.82) is 0 Å². The molecule has 1 amide bonds. The first-order valence-corrected chi connectivity index (χ1v) is 8.72. The van der Waals surface area contributed by atoms with Gasteiger partial charge in [0.2, 0.25) is 0 Å². The van der Waals surface area contributed by atoms with Crippen LogP contribution in [-0.2, 0) is 0 Å². The van der Waals surface area contributed by atoms with Gasteiger partial charge in [-0.3, -0.25) is 20.0 Å². The van der Waals surface area contributed by atoms with Gasteiger partial charge < -0.3 is 0 Å². The Balaban J connectivity index is 1.46. The summed E-state index contributed by atoms with van der Waals surface area (Å²) in [7, 11) is 0. The molecule has 0 saturated heterocycles. The number of carbonyl (C=O) groups excluding carboxylic acids is 1. The van der Waals surface area contributed by atoms with Gasteiger partial charge in [-0.2, -0.15) is 10.2 Å². The molecule has 0 spiro atoms. The molecule has 0 atom stereocenters. The van der Waals surface area contributed by atoms with Crippen LogP contribution in [0.2, 0.25) is 0 Å². The quantitative estimate of drug-likeness (QED) is 0.308. The summed E-state index contributed by atoms with van der Waals surface area (Å²) < 4.78 is 0. The van der Waals surface area contributed by atoms with Gasteiger partial charge in [0.05, 0.1) is 16.8 Å². The molecule has 0 aliphatic rings. The number of H-pyrrole nitrogens is 1. The number of rotatable bonds is 5. The molecule has 8 nitrogen and oxygen atoms in total. The summed E-state index contributed by atoms with van der Waals surface area (Å²) in [6.45, 7) is 0. The largest absolute Gasteiger partial charge is 0.289 e. The molecule has 4 rings (SSSR count). The molecule has 0 saturated carbocycles. The molecule has 0 fully saturated rings. The van der Waals surface area contributed by atoms with Crippen LogP contribution in [0.4, 0.5) is 5.69 Å². The van der Waals surface area contributed by atoms with Gasteiger partial charge in [-0.05, 0) is 22.9 Å². The van der Waals surface area contributed by atoms with E-state index < -0.39 is 10.8 Å². The Bertz CT molecular complexity index is 1250. The lowest BCUT2D eigenvalue weighted by molar-refractivity contribution is -0.384. The highest BCUT2D eigenvalue weighted by Crippen LogP contribution is 2.23. The molecule has 29 heavy (non-hydrogen) atoms. The number of aromatic amines is 1. The van der Waals surface area contributed by atoms with Crippen molar-refractivity contribution in [3.63, 3.8) is 0 Å². The highest BCUT2D eigenvalue weighted by atomic mass is 16.6. The number of nitro groups is 1. The Morgan fingerprint density at radius 3 is 2.69 bits per heavy atom. The van der Waals surface area contributed by atoms with Crippen molar-refractivity contribution in [1.82, 2.24) is 15.6 Å². The predicted molar refractivity (Wildman–Crippen MR) is 110 cm³/mol. The van der Waals surface area contributed by atoms with E-state index >= 15 is 0 Å². The lowest BCUT2D eigenvalue weighted by Crippen LogP contribution is -2.18. The first-order valence-electron chi connectivity index (χ1n) is 8.72. The second-order valence-electron chi connectivity index (χ2n) is 6.28. The van der Waals surface area contributed by atoms with E-state index in [2.05, 4.69) is 20.7 Å². The highest BCUT2D eigenvalue weighted by molar-refractivity contribution is 5.94. The van der Waals surface area contributed by atoms with E-state index in [9.17, 15) is 14.9 Å². The maximum atomic E-state index is 12.3. The van der Waals surface area contributed by atoms with Gasteiger partial charge in [0.1, 0.15) is 5.69 Å². The molecular formula is C21H15N5O3. The molecule has 8 heteroatoms. The molecule has 1 heterocycles. The molecule has 1 aromatic heterocycles. The number of nitrogens with zero attached hydrogens (tertiary/aromatic N) is 3. The van der Waals surface area contributed by atoms with Crippen LogP contribution >= 0.6 is 0 Å². The monoisotopic (exact) mass is 385 g/mol. The van der Waals surface area contributed by atoms with E-state index in [0.717, 1.165) is 16.3 Å². The maximum Gasteiger partial charge on any atom is 0.289 e. The number of hydrazone groups is 1. The standard InChI is InChI=1S/C21H15N5O3/c27-21(25-22-13-14-4-3-7-18(10-14)26(28)29)20-12-19(23-24-20)17-9-8-15-5-1-2-6-16(15)11-17/h1-13H,(H,23,24)(H,25,27).